The summed E-state index contributed by atoms with van der Waals surface area (Å²) in [5, 5.41) is 0. The smallest absolute Gasteiger partial charge is 0.0497 e. The molecule has 0 bridgehead atoms. The lowest BCUT2D eigenvalue weighted by Crippen LogP contribution is -2.12. The molecule has 60 valence electrons. The lowest BCUT2D eigenvalue weighted by molar-refractivity contribution is 0.169. The summed E-state index contributed by atoms with van der Waals surface area (Å²) >= 11 is 0. The summed E-state index contributed by atoms with van der Waals surface area (Å²) in [4.78, 5) is 0. The Hall–Kier alpha value is -0.0400. The topological polar surface area (TPSA) is 9.23 Å². The molecule has 0 spiro atoms. The van der Waals surface area contributed by atoms with Gasteiger partial charge < -0.3 is 4.74 Å². The fraction of sp³-hybridized carbons (Fsp3) is 1.00. The molecule has 0 amide bonds. The van der Waals surface area contributed by atoms with Crippen molar-refractivity contribution in [1.29, 1.82) is 0 Å². The summed E-state index contributed by atoms with van der Waals surface area (Å²) < 4.78 is 5.34. The van der Waals surface area contributed by atoms with Gasteiger partial charge in [-0.15, -0.1) is 0 Å². The van der Waals surface area contributed by atoms with Crippen LogP contribution in [-0.4, -0.2) is 13.2 Å². The molecule has 0 aromatic heterocycles. The van der Waals surface area contributed by atoms with Gasteiger partial charge in [-0.1, -0.05) is 26.7 Å². The summed E-state index contributed by atoms with van der Waals surface area (Å²) in [5.41, 5.74) is 0. The first kappa shape index (κ1) is 8.06. The van der Waals surface area contributed by atoms with Crippen LogP contribution in [0.4, 0.5) is 0 Å². The maximum Gasteiger partial charge on any atom is 0.0497 e. The second kappa shape index (κ2) is 3.97. The Balaban J connectivity index is 2.29. The number of rotatable bonds is 3. The molecule has 1 aliphatic rings. The van der Waals surface area contributed by atoms with Crippen LogP contribution >= 0.6 is 0 Å². The Morgan fingerprint density at radius 1 is 1.40 bits per heavy atom. The predicted octanol–water partition coefficient (Wildman–Crippen LogP) is 2.46. The van der Waals surface area contributed by atoms with E-state index in [1.165, 1.54) is 19.3 Å². The number of ether oxygens (including phenoxy) is 1. The fourth-order valence-electron chi connectivity index (χ4n) is 1.88. The molecule has 0 aromatic rings. The summed E-state index contributed by atoms with van der Waals surface area (Å²) in [7, 11) is 0. The minimum absolute atomic E-state index is 0.870. The van der Waals surface area contributed by atoms with Crippen LogP contribution in [0.3, 0.4) is 0 Å². The van der Waals surface area contributed by atoms with Gasteiger partial charge in [0.15, 0.2) is 0 Å². The third-order valence-electron chi connectivity index (χ3n) is 2.68. The standard InChI is InChI=1S/C9H18O/c1-3-8(4-2)9-5-6-10-7-9/h8-9H,3-7H2,1-2H3/t9-/m0/s1. The molecule has 1 nitrogen and oxygen atoms in total. The van der Waals surface area contributed by atoms with Crippen LogP contribution in [0.2, 0.25) is 0 Å². The van der Waals surface area contributed by atoms with Crippen molar-refractivity contribution in [3.8, 4) is 0 Å². The van der Waals surface area contributed by atoms with Gasteiger partial charge in [-0.05, 0) is 18.3 Å². The average Bonchev–Trinajstić information content (AvgIpc) is 2.43. The van der Waals surface area contributed by atoms with E-state index < -0.39 is 0 Å². The molecule has 0 unspecified atom stereocenters. The van der Waals surface area contributed by atoms with E-state index in [1.54, 1.807) is 0 Å². The minimum atomic E-state index is 0.870. The second-order valence-corrected chi connectivity index (χ2v) is 3.20. The third kappa shape index (κ3) is 1.72. The van der Waals surface area contributed by atoms with Crippen molar-refractivity contribution in [1.82, 2.24) is 0 Å². The predicted molar refractivity (Wildman–Crippen MR) is 43.0 cm³/mol. The SMILES string of the molecule is CCC(CC)[C@H]1CCOC1. The normalized spacial score (nSPS) is 26.1. The Labute approximate surface area is 63.8 Å². The first-order valence-corrected chi connectivity index (χ1v) is 4.46. The van der Waals surface area contributed by atoms with E-state index in [1.807, 2.05) is 0 Å². The molecular formula is C9H18O. The van der Waals surface area contributed by atoms with Gasteiger partial charge in [0.25, 0.3) is 0 Å². The van der Waals surface area contributed by atoms with E-state index in [0.29, 0.717) is 0 Å². The molecule has 1 fully saturated rings. The van der Waals surface area contributed by atoms with Crippen LogP contribution in [0, 0.1) is 11.8 Å². The Morgan fingerprint density at radius 3 is 2.50 bits per heavy atom. The fourth-order valence-corrected chi connectivity index (χ4v) is 1.88. The van der Waals surface area contributed by atoms with Crippen LogP contribution in [0.15, 0.2) is 0 Å². The second-order valence-electron chi connectivity index (χ2n) is 3.20. The van der Waals surface area contributed by atoms with E-state index in [0.717, 1.165) is 25.0 Å². The van der Waals surface area contributed by atoms with E-state index in [-0.39, 0.29) is 0 Å². The van der Waals surface area contributed by atoms with Crippen LogP contribution < -0.4 is 0 Å². The largest absolute Gasteiger partial charge is 0.381 e. The van der Waals surface area contributed by atoms with Gasteiger partial charge in [-0.2, -0.15) is 0 Å². The molecular weight excluding hydrogens is 124 g/mol. The zero-order valence-corrected chi connectivity index (χ0v) is 7.10. The lowest BCUT2D eigenvalue weighted by atomic mass is 9.87. The summed E-state index contributed by atoms with van der Waals surface area (Å²) in [6.07, 6.45) is 3.95. The zero-order valence-electron chi connectivity index (χ0n) is 7.10. The van der Waals surface area contributed by atoms with Crippen molar-refractivity contribution in [3.63, 3.8) is 0 Å². The van der Waals surface area contributed by atoms with Crippen molar-refractivity contribution in [2.75, 3.05) is 13.2 Å². The molecule has 0 N–H and O–H groups in total. The van der Waals surface area contributed by atoms with Crippen molar-refractivity contribution in [3.05, 3.63) is 0 Å². The highest BCUT2D eigenvalue weighted by Gasteiger charge is 2.22. The molecule has 1 heteroatoms. The van der Waals surface area contributed by atoms with Gasteiger partial charge >= 0.3 is 0 Å². The van der Waals surface area contributed by atoms with Crippen LogP contribution in [0.5, 0.6) is 0 Å². The minimum Gasteiger partial charge on any atom is -0.381 e. The number of hydrogen-bond donors (Lipinski definition) is 0. The van der Waals surface area contributed by atoms with Crippen LogP contribution in [0.1, 0.15) is 33.1 Å². The van der Waals surface area contributed by atoms with Crippen molar-refractivity contribution in [2.45, 2.75) is 33.1 Å². The van der Waals surface area contributed by atoms with E-state index >= 15 is 0 Å². The molecule has 0 aliphatic carbocycles. The molecule has 1 rings (SSSR count). The first-order valence-electron chi connectivity index (χ1n) is 4.46. The highest BCUT2D eigenvalue weighted by Crippen LogP contribution is 2.26. The number of hydrogen-bond acceptors (Lipinski definition) is 1. The van der Waals surface area contributed by atoms with Gasteiger partial charge in [-0.25, -0.2) is 0 Å². The van der Waals surface area contributed by atoms with E-state index in [2.05, 4.69) is 13.8 Å². The van der Waals surface area contributed by atoms with Gasteiger partial charge in [0.2, 0.25) is 0 Å². The van der Waals surface area contributed by atoms with Gasteiger partial charge in [0.1, 0.15) is 0 Å². The highest BCUT2D eigenvalue weighted by atomic mass is 16.5. The van der Waals surface area contributed by atoms with Crippen molar-refractivity contribution >= 4 is 0 Å². The third-order valence-corrected chi connectivity index (χ3v) is 2.68. The molecule has 1 atom stereocenters. The first-order chi connectivity index (χ1) is 4.88. The van der Waals surface area contributed by atoms with Gasteiger partial charge in [-0.3, -0.25) is 0 Å². The molecule has 10 heavy (non-hydrogen) atoms. The van der Waals surface area contributed by atoms with Crippen LogP contribution in [0.25, 0.3) is 0 Å². The molecule has 1 saturated heterocycles. The zero-order chi connectivity index (χ0) is 7.40. The Morgan fingerprint density at radius 2 is 2.10 bits per heavy atom. The monoisotopic (exact) mass is 142 g/mol. The lowest BCUT2D eigenvalue weighted by Gasteiger charge is -2.17. The maximum atomic E-state index is 5.34. The Bertz CT molecular complexity index is 80.7. The van der Waals surface area contributed by atoms with E-state index in [9.17, 15) is 0 Å². The molecule has 0 aromatic carbocycles. The van der Waals surface area contributed by atoms with Gasteiger partial charge in [0.05, 0.1) is 0 Å². The highest BCUT2D eigenvalue weighted by molar-refractivity contribution is 4.71. The Kier molecular flexibility index (Phi) is 3.20. The van der Waals surface area contributed by atoms with Crippen LogP contribution in [-0.2, 0) is 4.74 Å². The van der Waals surface area contributed by atoms with E-state index in [4.69, 9.17) is 4.74 Å². The van der Waals surface area contributed by atoms with Crippen molar-refractivity contribution in [2.24, 2.45) is 11.8 Å². The summed E-state index contributed by atoms with van der Waals surface area (Å²) in [6.45, 7) is 6.59. The van der Waals surface area contributed by atoms with Crippen molar-refractivity contribution < 1.29 is 4.74 Å². The van der Waals surface area contributed by atoms with Gasteiger partial charge in [0, 0.05) is 13.2 Å². The molecule has 1 heterocycles. The quantitative estimate of drug-likeness (QED) is 0.588. The maximum absolute atomic E-state index is 5.34. The molecule has 0 radical (unpaired) electrons. The summed E-state index contributed by atoms with van der Waals surface area (Å²) in [5.74, 6) is 1.79. The average molecular weight is 142 g/mol. The molecule has 1 aliphatic heterocycles. The molecule has 0 saturated carbocycles. The summed E-state index contributed by atoms with van der Waals surface area (Å²) in [6, 6.07) is 0.